The van der Waals surface area contributed by atoms with Gasteiger partial charge in [-0.3, -0.25) is 14.1 Å². The van der Waals surface area contributed by atoms with Gasteiger partial charge in [-0.05, 0) is 0 Å². The van der Waals surface area contributed by atoms with Crippen LogP contribution in [0, 0.1) is 0 Å². The molecule has 0 aliphatic carbocycles. The van der Waals surface area contributed by atoms with E-state index in [1.165, 1.54) is 0 Å². The van der Waals surface area contributed by atoms with Crippen LogP contribution in [0.15, 0.2) is 0 Å². The summed E-state index contributed by atoms with van der Waals surface area (Å²) in [5.74, 6) is -0.943. The molecule has 0 aromatic heterocycles. The molecule has 13 heteroatoms. The van der Waals surface area contributed by atoms with Crippen LogP contribution in [0.5, 0.6) is 0 Å². The predicted octanol–water partition coefficient (Wildman–Crippen LogP) is -1.21. The molecule has 0 bridgehead atoms. The van der Waals surface area contributed by atoms with E-state index in [1.807, 2.05) is 0 Å². The van der Waals surface area contributed by atoms with Crippen molar-refractivity contribution in [1.29, 1.82) is 0 Å². The van der Waals surface area contributed by atoms with E-state index in [1.54, 1.807) is 4.72 Å². The smallest absolute Gasteiger partial charge is 0.434 e. The van der Waals surface area contributed by atoms with Crippen LogP contribution in [-0.4, -0.2) is 58.4 Å². The van der Waals surface area contributed by atoms with Gasteiger partial charge in [-0.15, -0.1) is 0 Å². The van der Waals surface area contributed by atoms with Crippen molar-refractivity contribution in [3.63, 3.8) is 0 Å². The van der Waals surface area contributed by atoms with Gasteiger partial charge in [0.05, 0.1) is 12.7 Å². The summed E-state index contributed by atoms with van der Waals surface area (Å²) in [6.45, 7) is -1.85. The van der Waals surface area contributed by atoms with Crippen molar-refractivity contribution in [2.75, 3.05) is 19.5 Å². The minimum atomic E-state index is -4.98. The lowest BCUT2D eigenvalue weighted by Crippen LogP contribution is -2.30. The van der Waals surface area contributed by atoms with E-state index in [9.17, 15) is 30.8 Å². The molecule has 0 rings (SSSR count). The lowest BCUT2D eigenvalue weighted by atomic mass is 10.4. The summed E-state index contributed by atoms with van der Waals surface area (Å²) in [5, 5.41) is 0. The standard InChI is InChI=1S/C7H12FNO9S2/c1-19(12,13)9-6(10)2-3-17-7(11)18-4-5(8)20(14,15)16/h5H,2-4H2,1H3,(H,9,10)(H,14,15,16). The lowest BCUT2D eigenvalue weighted by molar-refractivity contribution is -0.120. The number of carbonyl (C=O) groups excluding carboxylic acids is 2. The minimum Gasteiger partial charge on any atom is -0.434 e. The molecule has 0 saturated heterocycles. The molecule has 1 atom stereocenters. The second kappa shape index (κ2) is 7.35. The van der Waals surface area contributed by atoms with Crippen LogP contribution in [0.2, 0.25) is 0 Å². The van der Waals surface area contributed by atoms with E-state index in [0.29, 0.717) is 0 Å². The summed E-state index contributed by atoms with van der Waals surface area (Å²) < 4.78 is 72.3. The monoisotopic (exact) mass is 337 g/mol. The Balaban J connectivity index is 3.94. The van der Waals surface area contributed by atoms with Crippen LogP contribution >= 0.6 is 0 Å². The Morgan fingerprint density at radius 1 is 1.25 bits per heavy atom. The number of nitrogens with one attached hydrogen (secondary N) is 1. The first-order valence-corrected chi connectivity index (χ1v) is 8.22. The zero-order valence-electron chi connectivity index (χ0n) is 10.1. The Hall–Kier alpha value is -1.47. The fraction of sp³-hybridized carbons (Fsp3) is 0.714. The van der Waals surface area contributed by atoms with E-state index < -0.39 is 57.3 Å². The van der Waals surface area contributed by atoms with Gasteiger partial charge in [-0.1, -0.05) is 0 Å². The highest BCUT2D eigenvalue weighted by atomic mass is 32.2. The van der Waals surface area contributed by atoms with E-state index in [4.69, 9.17) is 4.55 Å². The van der Waals surface area contributed by atoms with Crippen molar-refractivity contribution in [3.05, 3.63) is 0 Å². The van der Waals surface area contributed by atoms with Gasteiger partial charge in [-0.25, -0.2) is 17.6 Å². The fourth-order valence-corrected chi connectivity index (χ4v) is 1.50. The SMILES string of the molecule is CS(=O)(=O)NC(=O)CCOC(=O)OCC(F)S(=O)(=O)O. The predicted molar refractivity (Wildman–Crippen MR) is 61.3 cm³/mol. The Labute approximate surface area is 114 Å². The largest absolute Gasteiger partial charge is 0.508 e. The zero-order valence-corrected chi connectivity index (χ0v) is 11.7. The van der Waals surface area contributed by atoms with Crippen LogP contribution in [0.3, 0.4) is 0 Å². The molecule has 0 heterocycles. The van der Waals surface area contributed by atoms with Gasteiger partial charge in [0, 0.05) is 0 Å². The molecule has 2 N–H and O–H groups in total. The van der Waals surface area contributed by atoms with E-state index in [2.05, 4.69) is 9.47 Å². The molecule has 0 aromatic carbocycles. The number of amides is 1. The van der Waals surface area contributed by atoms with Crippen molar-refractivity contribution in [3.8, 4) is 0 Å². The van der Waals surface area contributed by atoms with Crippen molar-refractivity contribution < 1.29 is 44.8 Å². The first kappa shape index (κ1) is 18.5. The van der Waals surface area contributed by atoms with Crippen molar-refractivity contribution in [1.82, 2.24) is 4.72 Å². The highest BCUT2D eigenvalue weighted by Crippen LogP contribution is 2.02. The molecule has 10 nitrogen and oxygen atoms in total. The quantitative estimate of drug-likeness (QED) is 0.430. The van der Waals surface area contributed by atoms with Crippen LogP contribution in [0.4, 0.5) is 9.18 Å². The maximum atomic E-state index is 12.6. The molecule has 0 radical (unpaired) electrons. The molecule has 1 amide bonds. The molecule has 0 aliphatic heterocycles. The normalized spacial score (nSPS) is 13.3. The van der Waals surface area contributed by atoms with Crippen LogP contribution in [-0.2, 0) is 34.4 Å². The maximum absolute atomic E-state index is 12.6. The number of sulfonamides is 1. The van der Waals surface area contributed by atoms with Crippen LogP contribution in [0.1, 0.15) is 6.42 Å². The number of rotatable bonds is 7. The van der Waals surface area contributed by atoms with Crippen LogP contribution < -0.4 is 4.72 Å². The summed E-state index contributed by atoms with van der Waals surface area (Å²) in [4.78, 5) is 21.7. The molecule has 118 valence electrons. The molecule has 0 aromatic rings. The summed E-state index contributed by atoms with van der Waals surface area (Å²) >= 11 is 0. The number of alkyl halides is 1. The average molecular weight is 337 g/mol. The summed E-state index contributed by atoms with van der Waals surface area (Å²) in [6.07, 6.45) is -1.24. The minimum absolute atomic E-state index is 0.500. The van der Waals surface area contributed by atoms with Crippen LogP contribution in [0.25, 0.3) is 0 Å². The summed E-state index contributed by atoms with van der Waals surface area (Å²) in [7, 11) is -8.71. The fourth-order valence-electron chi connectivity index (χ4n) is 0.746. The highest BCUT2D eigenvalue weighted by Gasteiger charge is 2.24. The first-order chi connectivity index (χ1) is 8.92. The van der Waals surface area contributed by atoms with Gasteiger partial charge in [0.2, 0.25) is 15.9 Å². The maximum Gasteiger partial charge on any atom is 0.508 e. The molecule has 0 fully saturated rings. The summed E-state index contributed by atoms with van der Waals surface area (Å²) in [5.41, 5.74) is -2.82. The third-order valence-electron chi connectivity index (χ3n) is 1.50. The third kappa shape index (κ3) is 9.46. The number of hydrogen-bond donors (Lipinski definition) is 2. The van der Waals surface area contributed by atoms with Crippen molar-refractivity contribution >= 4 is 32.2 Å². The number of hydrogen-bond acceptors (Lipinski definition) is 8. The number of ether oxygens (including phenoxy) is 2. The number of carbonyl (C=O) groups is 2. The van der Waals surface area contributed by atoms with Gasteiger partial charge < -0.3 is 9.47 Å². The Morgan fingerprint density at radius 3 is 2.25 bits per heavy atom. The van der Waals surface area contributed by atoms with Gasteiger partial charge in [0.15, 0.2) is 0 Å². The Morgan fingerprint density at radius 2 is 1.80 bits per heavy atom. The zero-order chi connectivity index (χ0) is 16.0. The molecule has 0 spiro atoms. The van der Waals surface area contributed by atoms with E-state index in [-0.39, 0.29) is 0 Å². The first-order valence-electron chi connectivity index (χ1n) is 4.82. The molecular weight excluding hydrogens is 325 g/mol. The Bertz CT molecular complexity index is 555. The molecule has 1 unspecified atom stereocenters. The van der Waals surface area contributed by atoms with Gasteiger partial charge in [0.1, 0.15) is 13.2 Å². The third-order valence-corrected chi connectivity index (χ3v) is 2.88. The van der Waals surface area contributed by atoms with Crippen molar-refractivity contribution in [2.24, 2.45) is 0 Å². The average Bonchev–Trinajstić information content (AvgIpc) is 2.21. The molecular formula is C7H12FNO9S2. The summed E-state index contributed by atoms with van der Waals surface area (Å²) in [6, 6.07) is 0. The van der Waals surface area contributed by atoms with E-state index in [0.717, 1.165) is 6.26 Å². The second-order valence-electron chi connectivity index (χ2n) is 3.38. The van der Waals surface area contributed by atoms with E-state index >= 15 is 0 Å². The van der Waals surface area contributed by atoms with Gasteiger partial charge in [-0.2, -0.15) is 8.42 Å². The number of halogens is 1. The lowest BCUT2D eigenvalue weighted by Gasteiger charge is -2.07. The Kier molecular flexibility index (Phi) is 6.81. The van der Waals surface area contributed by atoms with Crippen molar-refractivity contribution in [2.45, 2.75) is 11.9 Å². The highest BCUT2D eigenvalue weighted by molar-refractivity contribution is 7.89. The van der Waals surface area contributed by atoms with Gasteiger partial charge in [0.25, 0.3) is 5.50 Å². The molecule has 20 heavy (non-hydrogen) atoms. The molecule has 0 saturated carbocycles. The molecule has 0 aliphatic rings. The van der Waals surface area contributed by atoms with Gasteiger partial charge >= 0.3 is 16.3 Å². The second-order valence-corrected chi connectivity index (χ2v) is 6.67. The topological polar surface area (TPSA) is 153 Å².